The molecular weight excluding hydrogens is 307 g/mol. The second-order valence-corrected chi connectivity index (χ2v) is 5.42. The van der Waals surface area contributed by atoms with Gasteiger partial charge in [0.25, 0.3) is 0 Å². The summed E-state index contributed by atoms with van der Waals surface area (Å²) in [6, 6.07) is 13.5. The van der Waals surface area contributed by atoms with Crippen LogP contribution in [0.1, 0.15) is 5.56 Å². The predicted octanol–water partition coefficient (Wildman–Crippen LogP) is 4.20. The van der Waals surface area contributed by atoms with Crippen molar-refractivity contribution in [2.24, 2.45) is 0 Å². The van der Waals surface area contributed by atoms with Crippen LogP contribution in [0.25, 0.3) is 0 Å². The summed E-state index contributed by atoms with van der Waals surface area (Å²) in [6.45, 7) is 2.45. The molecule has 0 unspecified atom stereocenters. The number of halogens is 2. The van der Waals surface area contributed by atoms with Crippen LogP contribution >= 0.6 is 23.2 Å². The van der Waals surface area contributed by atoms with Gasteiger partial charge in [0.15, 0.2) is 0 Å². The van der Waals surface area contributed by atoms with Crippen LogP contribution in [-0.4, -0.2) is 20.2 Å². The Balaban J connectivity index is 1.69. The molecule has 3 nitrogen and oxygen atoms in total. The molecule has 5 heteroatoms. The Bertz CT molecular complexity index is 573. The lowest BCUT2D eigenvalue weighted by Crippen LogP contribution is -2.21. The van der Waals surface area contributed by atoms with Gasteiger partial charge < -0.3 is 15.4 Å². The summed E-state index contributed by atoms with van der Waals surface area (Å²) in [5, 5.41) is 7.92. The van der Waals surface area contributed by atoms with Crippen molar-refractivity contribution in [2.75, 3.05) is 25.5 Å². The molecule has 2 aromatic carbocycles. The largest absolute Gasteiger partial charge is 0.497 e. The number of hydrogen-bond donors (Lipinski definition) is 2. The Hall–Kier alpha value is -1.42. The van der Waals surface area contributed by atoms with Crippen molar-refractivity contribution < 1.29 is 4.74 Å². The molecule has 0 atom stereocenters. The molecule has 0 aliphatic carbocycles. The van der Waals surface area contributed by atoms with E-state index < -0.39 is 0 Å². The quantitative estimate of drug-likeness (QED) is 0.749. The summed E-state index contributed by atoms with van der Waals surface area (Å²) < 4.78 is 5.13. The Morgan fingerprint density at radius 3 is 2.43 bits per heavy atom. The van der Waals surface area contributed by atoms with Crippen molar-refractivity contribution in [3.05, 3.63) is 58.1 Å². The summed E-state index contributed by atoms with van der Waals surface area (Å²) in [7, 11) is 1.67. The molecule has 2 rings (SSSR count). The maximum atomic E-state index is 6.09. The van der Waals surface area contributed by atoms with E-state index in [0.29, 0.717) is 10.0 Å². The molecule has 0 aliphatic heterocycles. The fourth-order valence-corrected chi connectivity index (χ4v) is 2.37. The first-order valence-corrected chi connectivity index (χ1v) is 7.47. The van der Waals surface area contributed by atoms with Gasteiger partial charge in [-0.25, -0.2) is 0 Å². The molecule has 0 radical (unpaired) electrons. The van der Waals surface area contributed by atoms with Crippen LogP contribution in [0.15, 0.2) is 42.5 Å². The van der Waals surface area contributed by atoms with Crippen molar-refractivity contribution in [3.63, 3.8) is 0 Å². The van der Waals surface area contributed by atoms with Crippen LogP contribution in [0.3, 0.4) is 0 Å². The number of hydrogen-bond acceptors (Lipinski definition) is 3. The third-order valence-corrected chi connectivity index (χ3v) is 3.58. The lowest BCUT2D eigenvalue weighted by Gasteiger charge is -2.10. The van der Waals surface area contributed by atoms with Crippen molar-refractivity contribution in [3.8, 4) is 5.75 Å². The number of nitrogens with one attached hydrogen (secondary N) is 2. The van der Waals surface area contributed by atoms with Gasteiger partial charge in [0.2, 0.25) is 0 Å². The zero-order valence-corrected chi connectivity index (χ0v) is 13.3. The highest BCUT2D eigenvalue weighted by molar-refractivity contribution is 6.36. The van der Waals surface area contributed by atoms with Crippen LogP contribution in [0, 0.1) is 0 Å². The van der Waals surface area contributed by atoms with Crippen molar-refractivity contribution in [1.29, 1.82) is 0 Å². The second kappa shape index (κ2) is 8.13. The molecule has 2 N–H and O–H groups in total. The third-order valence-electron chi connectivity index (χ3n) is 3.04. The normalized spacial score (nSPS) is 10.4. The number of anilines is 1. The van der Waals surface area contributed by atoms with E-state index in [0.717, 1.165) is 31.1 Å². The number of benzene rings is 2. The molecule has 2 aromatic rings. The molecule has 0 saturated carbocycles. The van der Waals surface area contributed by atoms with Crippen molar-refractivity contribution in [2.45, 2.75) is 6.54 Å². The van der Waals surface area contributed by atoms with Crippen molar-refractivity contribution in [1.82, 2.24) is 5.32 Å². The fourth-order valence-electron chi connectivity index (χ4n) is 1.89. The highest BCUT2D eigenvalue weighted by Gasteiger charge is 2.00. The van der Waals surface area contributed by atoms with Gasteiger partial charge in [-0.3, -0.25) is 0 Å². The van der Waals surface area contributed by atoms with Crippen LogP contribution in [0.2, 0.25) is 10.0 Å². The zero-order valence-electron chi connectivity index (χ0n) is 11.8. The van der Waals surface area contributed by atoms with Gasteiger partial charge in [-0.2, -0.15) is 0 Å². The molecule has 0 aromatic heterocycles. The molecule has 0 aliphatic rings. The third kappa shape index (κ3) is 5.12. The van der Waals surface area contributed by atoms with E-state index >= 15 is 0 Å². The maximum absolute atomic E-state index is 6.09. The average Bonchev–Trinajstić information content (AvgIpc) is 2.49. The number of ether oxygens (including phenoxy) is 1. The highest BCUT2D eigenvalue weighted by Crippen LogP contribution is 2.24. The van der Waals surface area contributed by atoms with E-state index in [-0.39, 0.29) is 0 Å². The summed E-state index contributed by atoms with van der Waals surface area (Å²) in [5.41, 5.74) is 2.12. The lowest BCUT2D eigenvalue weighted by molar-refractivity contribution is 0.414. The lowest BCUT2D eigenvalue weighted by atomic mass is 10.2. The summed E-state index contributed by atoms with van der Waals surface area (Å²) in [4.78, 5) is 0. The van der Waals surface area contributed by atoms with Crippen LogP contribution < -0.4 is 15.4 Å². The van der Waals surface area contributed by atoms with Gasteiger partial charge in [-0.1, -0.05) is 35.3 Å². The molecule has 112 valence electrons. The minimum Gasteiger partial charge on any atom is -0.497 e. The molecule has 0 spiro atoms. The minimum atomic E-state index is 0.637. The first-order valence-electron chi connectivity index (χ1n) is 6.71. The summed E-state index contributed by atoms with van der Waals surface area (Å²) >= 11 is 11.9. The molecule has 0 amide bonds. The summed E-state index contributed by atoms with van der Waals surface area (Å²) in [5.74, 6) is 0.873. The first kappa shape index (κ1) is 16.0. The Morgan fingerprint density at radius 1 is 1.00 bits per heavy atom. The summed E-state index contributed by atoms with van der Waals surface area (Å²) in [6.07, 6.45) is 0. The maximum Gasteiger partial charge on any atom is 0.118 e. The fraction of sp³-hybridized carbons (Fsp3) is 0.250. The standard InChI is InChI=1S/C16H18Cl2N2O/c1-21-14-5-2-12(3-6-14)11-19-8-9-20-16-7-4-13(17)10-15(16)18/h2-7,10,19-20H,8-9,11H2,1H3. The van der Waals surface area contributed by atoms with E-state index in [2.05, 4.69) is 22.8 Å². The van der Waals surface area contributed by atoms with E-state index in [4.69, 9.17) is 27.9 Å². The highest BCUT2D eigenvalue weighted by atomic mass is 35.5. The van der Waals surface area contributed by atoms with Crippen LogP contribution in [0.4, 0.5) is 5.69 Å². The van der Waals surface area contributed by atoms with Gasteiger partial charge >= 0.3 is 0 Å². The second-order valence-electron chi connectivity index (χ2n) is 4.58. The zero-order chi connectivity index (χ0) is 15.1. The molecule has 21 heavy (non-hydrogen) atoms. The predicted molar refractivity (Wildman–Crippen MR) is 89.7 cm³/mol. The molecule has 0 saturated heterocycles. The van der Waals surface area contributed by atoms with Gasteiger partial charge in [-0.15, -0.1) is 0 Å². The monoisotopic (exact) mass is 324 g/mol. The van der Waals surface area contributed by atoms with Gasteiger partial charge in [-0.05, 0) is 35.9 Å². The Kier molecular flexibility index (Phi) is 6.18. The van der Waals surface area contributed by atoms with Crippen LogP contribution in [-0.2, 0) is 6.54 Å². The van der Waals surface area contributed by atoms with Gasteiger partial charge in [0.05, 0.1) is 17.8 Å². The topological polar surface area (TPSA) is 33.3 Å². The van der Waals surface area contributed by atoms with Gasteiger partial charge in [0, 0.05) is 24.7 Å². The molecule has 0 bridgehead atoms. The average molecular weight is 325 g/mol. The first-order chi connectivity index (χ1) is 10.2. The smallest absolute Gasteiger partial charge is 0.118 e. The minimum absolute atomic E-state index is 0.637. The van der Waals surface area contributed by atoms with E-state index in [1.807, 2.05) is 24.3 Å². The number of rotatable bonds is 7. The van der Waals surface area contributed by atoms with E-state index in [1.165, 1.54) is 5.56 Å². The van der Waals surface area contributed by atoms with Gasteiger partial charge in [0.1, 0.15) is 5.75 Å². The SMILES string of the molecule is COc1ccc(CNCCNc2ccc(Cl)cc2Cl)cc1. The van der Waals surface area contributed by atoms with Crippen molar-refractivity contribution >= 4 is 28.9 Å². The Labute approximate surface area is 135 Å². The molecule has 0 fully saturated rings. The number of methoxy groups -OCH3 is 1. The van der Waals surface area contributed by atoms with E-state index in [9.17, 15) is 0 Å². The molecular formula is C16H18Cl2N2O. The van der Waals surface area contributed by atoms with Crippen LogP contribution in [0.5, 0.6) is 5.75 Å². The van der Waals surface area contributed by atoms with E-state index in [1.54, 1.807) is 13.2 Å². The molecule has 0 heterocycles. The Morgan fingerprint density at radius 2 is 1.76 bits per heavy atom.